The molecular weight excluding hydrogens is 458 g/mol. The summed E-state index contributed by atoms with van der Waals surface area (Å²) in [6.07, 6.45) is 0. The number of aryl methyl sites for hydroxylation is 3. The molecule has 3 aromatic carbocycles. The Morgan fingerprint density at radius 1 is 0.829 bits per heavy atom. The summed E-state index contributed by atoms with van der Waals surface area (Å²) in [6.45, 7) is 6.27. The van der Waals surface area contributed by atoms with Crippen molar-refractivity contribution in [2.45, 2.75) is 27.3 Å². The minimum Gasteiger partial charge on any atom is -0.292 e. The molecule has 0 amide bonds. The van der Waals surface area contributed by atoms with Crippen molar-refractivity contribution >= 4 is 44.8 Å². The lowest BCUT2D eigenvalue weighted by Crippen LogP contribution is -2.24. The lowest BCUT2D eigenvalue weighted by molar-refractivity contribution is 0.711. The first-order chi connectivity index (χ1) is 16.9. The molecule has 0 radical (unpaired) electrons. The van der Waals surface area contributed by atoms with Crippen LogP contribution in [0.2, 0.25) is 5.02 Å². The largest absolute Gasteiger partial charge is 0.292 e. The summed E-state index contributed by atoms with van der Waals surface area (Å²) in [5.74, 6) is 0.598. The van der Waals surface area contributed by atoms with Crippen molar-refractivity contribution in [2.24, 2.45) is 0 Å². The van der Waals surface area contributed by atoms with E-state index in [0.29, 0.717) is 39.6 Å². The van der Waals surface area contributed by atoms with Crippen LogP contribution in [0.5, 0.6) is 0 Å². The van der Waals surface area contributed by atoms with Crippen LogP contribution in [0.3, 0.4) is 0 Å². The third kappa shape index (κ3) is 3.41. The average molecular weight is 480 g/mol. The van der Waals surface area contributed by atoms with Crippen LogP contribution in [0, 0.1) is 20.8 Å². The smallest absolute Gasteiger partial charge is 0.265 e. The van der Waals surface area contributed by atoms with Crippen LogP contribution < -0.4 is 5.56 Å². The number of aromatic nitrogens is 5. The predicted octanol–water partition coefficient (Wildman–Crippen LogP) is 5.91. The van der Waals surface area contributed by atoms with Crippen LogP contribution >= 0.6 is 11.6 Å². The Hall–Kier alpha value is -4.03. The van der Waals surface area contributed by atoms with Gasteiger partial charge in [0.1, 0.15) is 16.7 Å². The highest BCUT2D eigenvalue weighted by atomic mass is 35.5. The fourth-order valence-corrected chi connectivity index (χ4v) is 4.80. The molecule has 6 rings (SSSR count). The second kappa shape index (κ2) is 8.03. The second-order valence-electron chi connectivity index (χ2n) is 8.85. The van der Waals surface area contributed by atoms with Gasteiger partial charge in [0.15, 0.2) is 11.3 Å². The second-order valence-corrected chi connectivity index (χ2v) is 9.26. The van der Waals surface area contributed by atoms with Crippen molar-refractivity contribution in [3.05, 3.63) is 105 Å². The summed E-state index contributed by atoms with van der Waals surface area (Å²) in [4.78, 5) is 28.8. The average Bonchev–Trinajstić information content (AvgIpc) is 3.15. The fourth-order valence-electron chi connectivity index (χ4n) is 4.60. The van der Waals surface area contributed by atoms with Crippen LogP contribution in [-0.2, 0) is 6.54 Å². The van der Waals surface area contributed by atoms with E-state index in [4.69, 9.17) is 26.6 Å². The standard InChI is InChI=1S/C28H22ClN5O/c1-16-12-13-17(2)23(14-16)34-26-24(25-27(34)32-22-11-7-6-10-21(22)31-25)28(35)33(18(3)30-26)15-19-8-4-5-9-20(19)29/h4-14H,15H2,1-3H3. The van der Waals surface area contributed by atoms with Crippen LogP contribution in [0.25, 0.3) is 38.9 Å². The fraction of sp³-hybridized carbons (Fsp3) is 0.143. The summed E-state index contributed by atoms with van der Waals surface area (Å²) in [6, 6.07) is 21.5. The maximum atomic E-state index is 14.0. The molecule has 7 heteroatoms. The number of halogens is 1. The first-order valence-corrected chi connectivity index (χ1v) is 11.8. The van der Waals surface area contributed by atoms with Crippen LogP contribution in [0.15, 0.2) is 71.5 Å². The molecule has 0 bridgehead atoms. The lowest BCUT2D eigenvalue weighted by atomic mass is 10.1. The van der Waals surface area contributed by atoms with Gasteiger partial charge in [-0.25, -0.2) is 15.0 Å². The van der Waals surface area contributed by atoms with Gasteiger partial charge in [-0.15, -0.1) is 0 Å². The van der Waals surface area contributed by atoms with E-state index in [0.717, 1.165) is 33.4 Å². The van der Waals surface area contributed by atoms with Crippen molar-refractivity contribution in [3.63, 3.8) is 0 Å². The van der Waals surface area contributed by atoms with Crippen LogP contribution in [-0.4, -0.2) is 24.1 Å². The first-order valence-electron chi connectivity index (χ1n) is 11.4. The van der Waals surface area contributed by atoms with Gasteiger partial charge in [-0.3, -0.25) is 13.9 Å². The predicted molar refractivity (Wildman–Crippen MR) is 141 cm³/mol. The summed E-state index contributed by atoms with van der Waals surface area (Å²) < 4.78 is 3.63. The monoisotopic (exact) mass is 479 g/mol. The third-order valence-corrected chi connectivity index (χ3v) is 6.81. The molecule has 3 heterocycles. The Kier molecular flexibility index (Phi) is 4.93. The zero-order chi connectivity index (χ0) is 24.3. The van der Waals surface area contributed by atoms with Gasteiger partial charge in [0.2, 0.25) is 0 Å². The van der Waals surface area contributed by atoms with E-state index < -0.39 is 0 Å². The number of para-hydroxylation sites is 2. The van der Waals surface area contributed by atoms with Gasteiger partial charge < -0.3 is 0 Å². The molecule has 0 saturated heterocycles. The number of nitrogens with zero attached hydrogens (tertiary/aromatic N) is 5. The van der Waals surface area contributed by atoms with Gasteiger partial charge in [0, 0.05) is 5.02 Å². The summed E-state index contributed by atoms with van der Waals surface area (Å²) in [7, 11) is 0. The molecule has 0 spiro atoms. The molecule has 6 nitrogen and oxygen atoms in total. The Balaban J connectivity index is 1.75. The molecule has 0 aliphatic rings. The number of hydrogen-bond acceptors (Lipinski definition) is 4. The van der Waals surface area contributed by atoms with Crippen molar-refractivity contribution in [2.75, 3.05) is 0 Å². The zero-order valence-corrected chi connectivity index (χ0v) is 20.3. The minimum absolute atomic E-state index is 0.161. The Bertz CT molecular complexity index is 1850. The molecule has 0 unspecified atom stereocenters. The molecule has 3 aromatic heterocycles. The first kappa shape index (κ1) is 21.5. The molecule has 35 heavy (non-hydrogen) atoms. The molecule has 6 aromatic rings. The molecule has 0 atom stereocenters. The van der Waals surface area contributed by atoms with E-state index in [1.54, 1.807) is 4.57 Å². The van der Waals surface area contributed by atoms with E-state index in [1.807, 2.05) is 73.9 Å². The quantitative estimate of drug-likeness (QED) is 0.316. The summed E-state index contributed by atoms with van der Waals surface area (Å²) in [5, 5.41) is 1.07. The number of fused-ring (bicyclic) bond motifs is 4. The highest BCUT2D eigenvalue weighted by Gasteiger charge is 2.23. The van der Waals surface area contributed by atoms with Crippen molar-refractivity contribution < 1.29 is 0 Å². The van der Waals surface area contributed by atoms with Crippen LogP contribution in [0.4, 0.5) is 0 Å². The minimum atomic E-state index is -0.161. The van der Waals surface area contributed by atoms with Gasteiger partial charge in [0.05, 0.1) is 23.3 Å². The normalized spacial score (nSPS) is 11.7. The lowest BCUT2D eigenvalue weighted by Gasteiger charge is -2.13. The SMILES string of the molecule is Cc1ccc(C)c(-n2c3nc4ccccc4nc3c3c(=O)n(Cc4ccccc4Cl)c(C)nc32)c1. The van der Waals surface area contributed by atoms with E-state index in [9.17, 15) is 4.79 Å². The zero-order valence-electron chi connectivity index (χ0n) is 19.6. The van der Waals surface area contributed by atoms with Gasteiger partial charge >= 0.3 is 0 Å². The maximum Gasteiger partial charge on any atom is 0.265 e. The van der Waals surface area contributed by atoms with Crippen molar-refractivity contribution in [3.8, 4) is 5.69 Å². The number of benzene rings is 3. The van der Waals surface area contributed by atoms with E-state index >= 15 is 0 Å². The Labute approximate surface area is 206 Å². The molecule has 0 fully saturated rings. The molecule has 0 saturated carbocycles. The molecule has 0 aliphatic heterocycles. The summed E-state index contributed by atoms with van der Waals surface area (Å²) >= 11 is 6.41. The van der Waals surface area contributed by atoms with E-state index in [-0.39, 0.29) is 5.56 Å². The van der Waals surface area contributed by atoms with Crippen molar-refractivity contribution in [1.29, 1.82) is 0 Å². The molecule has 0 N–H and O–H groups in total. The van der Waals surface area contributed by atoms with Crippen molar-refractivity contribution in [1.82, 2.24) is 24.1 Å². The topological polar surface area (TPSA) is 65.6 Å². The highest BCUT2D eigenvalue weighted by molar-refractivity contribution is 6.31. The van der Waals surface area contributed by atoms with Gasteiger partial charge in [-0.2, -0.15) is 0 Å². The molecular formula is C28H22ClN5O. The van der Waals surface area contributed by atoms with Gasteiger partial charge in [0.25, 0.3) is 5.56 Å². The summed E-state index contributed by atoms with van der Waals surface area (Å²) in [5.41, 5.74) is 7.02. The maximum absolute atomic E-state index is 14.0. The Morgan fingerprint density at radius 3 is 2.31 bits per heavy atom. The van der Waals surface area contributed by atoms with E-state index in [1.165, 1.54) is 0 Å². The van der Waals surface area contributed by atoms with Gasteiger partial charge in [-0.1, -0.05) is 54.1 Å². The molecule has 172 valence electrons. The highest BCUT2D eigenvalue weighted by Crippen LogP contribution is 2.30. The third-order valence-electron chi connectivity index (χ3n) is 6.45. The number of hydrogen-bond donors (Lipinski definition) is 0. The van der Waals surface area contributed by atoms with Gasteiger partial charge in [-0.05, 0) is 61.7 Å². The number of rotatable bonds is 3. The van der Waals surface area contributed by atoms with E-state index in [2.05, 4.69) is 18.2 Å². The Morgan fingerprint density at radius 2 is 1.54 bits per heavy atom. The molecule has 0 aliphatic carbocycles. The van der Waals surface area contributed by atoms with Crippen LogP contribution in [0.1, 0.15) is 22.5 Å².